The quantitative estimate of drug-likeness (QED) is 0.199. The summed E-state index contributed by atoms with van der Waals surface area (Å²) in [6.45, 7) is 15.0. The van der Waals surface area contributed by atoms with Gasteiger partial charge in [0.25, 0.3) is 0 Å². The van der Waals surface area contributed by atoms with Crippen molar-refractivity contribution >= 4 is 46.4 Å². The third-order valence-electron chi connectivity index (χ3n) is 13.3. The highest BCUT2D eigenvalue weighted by molar-refractivity contribution is 7.99. The Morgan fingerprint density at radius 3 is 2.72 bits per heavy atom. The molecular weight excluding hydrogens is 655 g/mol. The largest absolute Gasteiger partial charge is 0.461 e. The number of rotatable bonds is 11. The number of esters is 1. The zero-order chi connectivity index (χ0) is 36.0. The number of carbonyl (C=O) groups excluding carboxylic acids is 3. The molecule has 1 amide bonds. The summed E-state index contributed by atoms with van der Waals surface area (Å²) in [5.74, 6) is 1.26. The summed E-state index contributed by atoms with van der Waals surface area (Å²) in [6, 6.07) is 0.122. The first-order valence-electron chi connectivity index (χ1n) is 18.3. The number of nitrogens with zero attached hydrogens (tertiary/aromatic N) is 6. The number of Topliss-reactive ketones (excluding diaryl/α,β-unsaturated/α-hetero) is 1. The van der Waals surface area contributed by atoms with E-state index in [0.29, 0.717) is 42.8 Å². The van der Waals surface area contributed by atoms with Gasteiger partial charge in [-0.25, -0.2) is 15.0 Å². The number of thioether (sulfide) groups is 1. The van der Waals surface area contributed by atoms with E-state index in [1.807, 2.05) is 17.6 Å². The Hall–Kier alpha value is -3.03. The molecule has 274 valence electrons. The number of imidazole rings is 1. The van der Waals surface area contributed by atoms with Gasteiger partial charge in [-0.1, -0.05) is 33.8 Å². The third-order valence-corrected chi connectivity index (χ3v) is 14.2. The molecule has 13 heteroatoms. The molecule has 12 nitrogen and oxygen atoms in total. The number of anilines is 1. The van der Waals surface area contributed by atoms with Crippen LogP contribution in [0, 0.1) is 34.0 Å². The van der Waals surface area contributed by atoms with E-state index in [0.717, 1.165) is 44.6 Å². The van der Waals surface area contributed by atoms with Crippen LogP contribution < -0.4 is 10.6 Å². The van der Waals surface area contributed by atoms with Crippen molar-refractivity contribution in [1.29, 1.82) is 0 Å². The summed E-state index contributed by atoms with van der Waals surface area (Å²) >= 11 is 1.43. The predicted molar refractivity (Wildman–Crippen MR) is 194 cm³/mol. The molecule has 2 aromatic heterocycles. The van der Waals surface area contributed by atoms with E-state index in [1.54, 1.807) is 18.3 Å². The average Bonchev–Trinajstić information content (AvgIpc) is 3.83. The Labute approximate surface area is 300 Å². The zero-order valence-electron chi connectivity index (χ0n) is 30.3. The van der Waals surface area contributed by atoms with Crippen LogP contribution in [0.15, 0.2) is 25.3 Å². The Morgan fingerprint density at radius 1 is 1.22 bits per heavy atom. The van der Waals surface area contributed by atoms with Crippen molar-refractivity contribution in [1.82, 2.24) is 24.4 Å². The van der Waals surface area contributed by atoms with E-state index in [4.69, 9.17) is 10.5 Å². The highest BCUT2D eigenvalue weighted by atomic mass is 32.2. The lowest BCUT2D eigenvalue weighted by atomic mass is 9.44. The SMILES string of the molecule is C=C[C@]1(C)C[C@@H](OC(=O)CSCCN(C)C(=O)CCn2cnc3c(N4CCC(N)C4)ncnc32)[C@]2(C)[C@H](C)CC[C@]3(CCC(=O)[C@@H]32)[C@@H](C)[C@@H]1O. The maximum atomic E-state index is 13.6. The van der Waals surface area contributed by atoms with Crippen LogP contribution in [-0.4, -0.2) is 104 Å². The maximum Gasteiger partial charge on any atom is 0.316 e. The van der Waals surface area contributed by atoms with Gasteiger partial charge in [-0.15, -0.1) is 18.3 Å². The maximum absolute atomic E-state index is 13.6. The number of amides is 1. The number of aromatic nitrogens is 4. The highest BCUT2D eigenvalue weighted by Crippen LogP contribution is 2.68. The normalized spacial score (nSPS) is 35.4. The lowest BCUT2D eigenvalue weighted by molar-refractivity contribution is -0.205. The fourth-order valence-corrected chi connectivity index (χ4v) is 10.6. The smallest absolute Gasteiger partial charge is 0.316 e. The number of ketones is 1. The van der Waals surface area contributed by atoms with E-state index in [1.165, 1.54) is 18.1 Å². The average molecular weight is 710 g/mol. The molecule has 4 fully saturated rings. The molecule has 2 bridgehead atoms. The van der Waals surface area contributed by atoms with Crippen molar-refractivity contribution < 1.29 is 24.2 Å². The summed E-state index contributed by atoms with van der Waals surface area (Å²) in [5, 5.41) is 11.7. The number of aliphatic hydroxyl groups excluding tert-OH is 1. The van der Waals surface area contributed by atoms with E-state index in [9.17, 15) is 19.5 Å². The van der Waals surface area contributed by atoms with Gasteiger partial charge in [-0.3, -0.25) is 14.4 Å². The van der Waals surface area contributed by atoms with Gasteiger partial charge in [0.15, 0.2) is 17.0 Å². The van der Waals surface area contributed by atoms with Crippen molar-refractivity contribution in [2.45, 2.75) is 97.4 Å². The second-order valence-corrected chi connectivity index (χ2v) is 17.1. The minimum absolute atomic E-state index is 0.00948. The van der Waals surface area contributed by atoms with E-state index in [2.05, 4.69) is 47.2 Å². The molecule has 6 rings (SSSR count). The van der Waals surface area contributed by atoms with Gasteiger partial charge < -0.3 is 29.9 Å². The van der Waals surface area contributed by atoms with Gasteiger partial charge in [0.2, 0.25) is 5.91 Å². The van der Waals surface area contributed by atoms with Crippen LogP contribution in [0.3, 0.4) is 0 Å². The number of carbonyl (C=O) groups is 3. The minimum atomic E-state index is -0.692. The lowest BCUT2D eigenvalue weighted by Crippen LogP contribution is -2.63. The van der Waals surface area contributed by atoms with Gasteiger partial charge in [0.1, 0.15) is 18.2 Å². The first-order valence-corrected chi connectivity index (χ1v) is 19.4. The predicted octanol–water partition coefficient (Wildman–Crippen LogP) is 3.85. The molecule has 3 heterocycles. The Kier molecular flexibility index (Phi) is 10.4. The second kappa shape index (κ2) is 14.2. The number of hydrogen-bond acceptors (Lipinski definition) is 11. The van der Waals surface area contributed by atoms with Crippen LogP contribution in [-0.2, 0) is 25.7 Å². The van der Waals surface area contributed by atoms with Crippen molar-refractivity contribution in [3.8, 4) is 0 Å². The molecular formula is C37H55N7O5S. The Balaban J connectivity index is 1.03. The highest BCUT2D eigenvalue weighted by Gasteiger charge is 2.68. The molecule has 4 aliphatic rings. The Bertz CT molecular complexity index is 1620. The number of ether oxygens (including phenoxy) is 1. The third kappa shape index (κ3) is 6.35. The summed E-state index contributed by atoms with van der Waals surface area (Å²) in [4.78, 5) is 57.4. The molecule has 0 radical (unpaired) electrons. The first kappa shape index (κ1) is 36.8. The van der Waals surface area contributed by atoms with E-state index in [-0.39, 0.29) is 59.0 Å². The summed E-state index contributed by atoms with van der Waals surface area (Å²) in [6.07, 6.45) is 8.58. The zero-order valence-corrected chi connectivity index (χ0v) is 31.2. The molecule has 0 spiro atoms. The monoisotopic (exact) mass is 709 g/mol. The molecule has 3 saturated carbocycles. The fourth-order valence-electron chi connectivity index (χ4n) is 9.83. The van der Waals surface area contributed by atoms with Crippen molar-refractivity contribution in [2.75, 3.05) is 43.1 Å². The molecule has 3 N–H and O–H groups in total. The van der Waals surface area contributed by atoms with Gasteiger partial charge in [0, 0.05) is 74.6 Å². The van der Waals surface area contributed by atoms with Gasteiger partial charge in [-0.2, -0.15) is 0 Å². The number of aliphatic hydroxyl groups is 1. The fraction of sp³-hybridized carbons (Fsp3) is 0.730. The molecule has 1 saturated heterocycles. The second-order valence-electron chi connectivity index (χ2n) is 16.0. The molecule has 2 aromatic rings. The number of hydrogen-bond donors (Lipinski definition) is 2. The van der Waals surface area contributed by atoms with E-state index < -0.39 is 23.0 Å². The molecule has 3 aliphatic carbocycles. The molecule has 9 atom stereocenters. The molecule has 0 aromatic carbocycles. The van der Waals surface area contributed by atoms with Crippen molar-refractivity contribution in [2.24, 2.45) is 39.7 Å². The Morgan fingerprint density at radius 2 is 2.00 bits per heavy atom. The van der Waals surface area contributed by atoms with Crippen LogP contribution in [0.4, 0.5) is 5.82 Å². The van der Waals surface area contributed by atoms with Crippen LogP contribution in [0.25, 0.3) is 11.2 Å². The summed E-state index contributed by atoms with van der Waals surface area (Å²) in [7, 11) is 1.78. The number of aryl methyl sites for hydroxylation is 1. The molecule has 1 unspecified atom stereocenters. The van der Waals surface area contributed by atoms with Gasteiger partial charge >= 0.3 is 5.97 Å². The van der Waals surface area contributed by atoms with Crippen molar-refractivity contribution in [3.05, 3.63) is 25.3 Å². The lowest BCUT2D eigenvalue weighted by Gasteiger charge is -2.61. The minimum Gasteiger partial charge on any atom is -0.461 e. The van der Waals surface area contributed by atoms with Gasteiger partial charge in [0.05, 0.1) is 18.2 Å². The van der Waals surface area contributed by atoms with Crippen molar-refractivity contribution in [3.63, 3.8) is 0 Å². The summed E-state index contributed by atoms with van der Waals surface area (Å²) < 4.78 is 8.24. The van der Waals surface area contributed by atoms with Gasteiger partial charge in [-0.05, 0) is 49.4 Å². The molecule has 1 aliphatic heterocycles. The standard InChI is InChI=1S/C37H55N7O5S/c1-7-35(4)18-27(36(5)23(2)8-12-37(24(3)32(35)48)13-9-26(45)31(36)37)49-29(47)20-50-17-16-42(6)28(46)11-15-44-22-41-30-33(39-21-40-34(30)44)43-14-10-25(38)19-43/h7,21-25,27,31-32,48H,1,8-20,38H2,2-6H3/t23-,24+,25?,27-,31-,32+,35-,36+,37+/m1/s1. The molecule has 50 heavy (non-hydrogen) atoms. The first-order chi connectivity index (χ1) is 23.7. The number of fused-ring (bicyclic) bond motifs is 1. The number of nitrogens with two attached hydrogens (primary N) is 1. The van der Waals surface area contributed by atoms with E-state index >= 15 is 0 Å². The van der Waals surface area contributed by atoms with Crippen LogP contribution in [0.5, 0.6) is 0 Å². The van der Waals surface area contributed by atoms with Crippen LogP contribution in [0.2, 0.25) is 0 Å². The summed E-state index contributed by atoms with van der Waals surface area (Å²) in [5.41, 5.74) is 6.00. The van der Waals surface area contributed by atoms with Crippen LogP contribution in [0.1, 0.15) is 72.6 Å². The van der Waals surface area contributed by atoms with Crippen LogP contribution >= 0.6 is 11.8 Å². The topological polar surface area (TPSA) is 157 Å².